The molecule has 1 heterocycles. The lowest BCUT2D eigenvalue weighted by molar-refractivity contribution is -0.139. The summed E-state index contributed by atoms with van der Waals surface area (Å²) >= 11 is 11.9. The first-order valence-electron chi connectivity index (χ1n) is 6.37. The van der Waals surface area contributed by atoms with Crippen molar-refractivity contribution in [2.75, 3.05) is 18.1 Å². The molecule has 1 fully saturated rings. The molecule has 21 heavy (non-hydrogen) atoms. The normalized spacial score (nSPS) is 20.8. The first-order valence-corrected chi connectivity index (χ1v) is 8.95. The van der Waals surface area contributed by atoms with Gasteiger partial charge in [0, 0.05) is 22.6 Å². The van der Waals surface area contributed by atoms with Gasteiger partial charge in [-0.05, 0) is 24.1 Å². The maximum atomic E-state index is 11.6. The highest BCUT2D eigenvalue weighted by Gasteiger charge is 2.33. The van der Waals surface area contributed by atoms with Crippen LogP contribution in [-0.4, -0.2) is 48.5 Å². The first kappa shape index (κ1) is 16.5. The van der Waals surface area contributed by atoms with Crippen LogP contribution < -0.4 is 0 Å². The minimum atomic E-state index is -3.07. The van der Waals surface area contributed by atoms with Crippen molar-refractivity contribution in [1.82, 2.24) is 4.90 Å². The molecule has 2 rings (SSSR count). The van der Waals surface area contributed by atoms with E-state index in [2.05, 4.69) is 0 Å². The van der Waals surface area contributed by atoms with Crippen LogP contribution in [0.3, 0.4) is 0 Å². The van der Waals surface area contributed by atoms with Gasteiger partial charge in [0.2, 0.25) is 0 Å². The van der Waals surface area contributed by atoms with Crippen molar-refractivity contribution in [2.45, 2.75) is 19.0 Å². The van der Waals surface area contributed by atoms with Crippen molar-refractivity contribution >= 4 is 39.0 Å². The van der Waals surface area contributed by atoms with Gasteiger partial charge >= 0.3 is 5.97 Å². The molecular formula is C13H15Cl2NO4S. The number of aliphatic carboxylic acids is 1. The van der Waals surface area contributed by atoms with E-state index < -0.39 is 15.8 Å². The molecule has 0 saturated carbocycles. The lowest BCUT2D eigenvalue weighted by atomic mass is 10.1. The van der Waals surface area contributed by atoms with E-state index >= 15 is 0 Å². The molecule has 8 heteroatoms. The summed E-state index contributed by atoms with van der Waals surface area (Å²) in [7, 11) is -3.07. The van der Waals surface area contributed by atoms with Gasteiger partial charge in [-0.15, -0.1) is 0 Å². The van der Waals surface area contributed by atoms with Crippen LogP contribution in [0.2, 0.25) is 10.0 Å². The van der Waals surface area contributed by atoms with Crippen molar-refractivity contribution in [2.24, 2.45) is 0 Å². The number of hydrogen-bond donors (Lipinski definition) is 1. The van der Waals surface area contributed by atoms with Gasteiger partial charge in [0.25, 0.3) is 0 Å². The molecule has 0 spiro atoms. The predicted molar refractivity (Wildman–Crippen MR) is 81.6 cm³/mol. The third-order valence-corrected chi connectivity index (χ3v) is 5.79. The highest BCUT2D eigenvalue weighted by molar-refractivity contribution is 7.91. The molecule has 0 bridgehead atoms. The molecule has 0 aromatic heterocycles. The summed E-state index contributed by atoms with van der Waals surface area (Å²) in [6, 6.07) is 4.69. The maximum absolute atomic E-state index is 11.6. The molecule has 1 unspecified atom stereocenters. The summed E-state index contributed by atoms with van der Waals surface area (Å²) in [5.74, 6) is -0.905. The third-order valence-electron chi connectivity index (χ3n) is 3.45. The van der Waals surface area contributed by atoms with Crippen molar-refractivity contribution in [3.05, 3.63) is 33.8 Å². The highest BCUT2D eigenvalue weighted by Crippen LogP contribution is 2.25. The molecule has 1 aliphatic heterocycles. The van der Waals surface area contributed by atoms with Crippen LogP contribution in [0.15, 0.2) is 18.2 Å². The minimum Gasteiger partial charge on any atom is -0.480 e. The number of nitrogens with zero attached hydrogens (tertiary/aromatic N) is 1. The van der Waals surface area contributed by atoms with Crippen LogP contribution in [0.4, 0.5) is 0 Å². The Morgan fingerprint density at radius 1 is 1.38 bits per heavy atom. The van der Waals surface area contributed by atoms with Crippen LogP contribution in [-0.2, 0) is 21.2 Å². The van der Waals surface area contributed by atoms with E-state index in [9.17, 15) is 13.2 Å². The fraction of sp³-hybridized carbons (Fsp3) is 0.462. The van der Waals surface area contributed by atoms with Crippen LogP contribution in [0, 0.1) is 0 Å². The number of benzene rings is 1. The van der Waals surface area contributed by atoms with Gasteiger partial charge in [0.1, 0.15) is 0 Å². The second-order valence-corrected chi connectivity index (χ2v) is 8.16. The number of rotatable bonds is 5. The maximum Gasteiger partial charge on any atom is 0.317 e. The van der Waals surface area contributed by atoms with Gasteiger partial charge in [-0.25, -0.2) is 8.42 Å². The average molecular weight is 352 g/mol. The van der Waals surface area contributed by atoms with Crippen LogP contribution in [0.25, 0.3) is 0 Å². The van der Waals surface area contributed by atoms with Gasteiger partial charge in [0.05, 0.1) is 18.1 Å². The smallest absolute Gasteiger partial charge is 0.317 e. The van der Waals surface area contributed by atoms with Crippen LogP contribution in [0.1, 0.15) is 12.0 Å². The molecule has 0 amide bonds. The quantitative estimate of drug-likeness (QED) is 0.878. The number of carbonyl (C=O) groups is 1. The number of halogens is 2. The molecule has 1 atom stereocenters. The molecular weight excluding hydrogens is 337 g/mol. The number of carboxylic acids is 1. The van der Waals surface area contributed by atoms with Crippen LogP contribution >= 0.6 is 23.2 Å². The molecule has 0 aliphatic carbocycles. The SMILES string of the molecule is O=C(O)CN(Cc1ccc(Cl)cc1Cl)C1CCS(=O)(=O)C1. The monoisotopic (exact) mass is 351 g/mol. The fourth-order valence-electron chi connectivity index (χ4n) is 2.42. The summed E-state index contributed by atoms with van der Waals surface area (Å²) < 4.78 is 23.2. The van der Waals surface area contributed by atoms with Crippen molar-refractivity contribution in [3.8, 4) is 0 Å². The Morgan fingerprint density at radius 2 is 2.10 bits per heavy atom. The lowest BCUT2D eigenvalue weighted by Crippen LogP contribution is -2.39. The van der Waals surface area contributed by atoms with Crippen molar-refractivity contribution < 1.29 is 18.3 Å². The van der Waals surface area contributed by atoms with Crippen molar-refractivity contribution in [3.63, 3.8) is 0 Å². The van der Waals surface area contributed by atoms with E-state index in [1.54, 1.807) is 23.1 Å². The van der Waals surface area contributed by atoms with Gasteiger partial charge in [0.15, 0.2) is 9.84 Å². The van der Waals surface area contributed by atoms with E-state index in [-0.39, 0.29) is 30.6 Å². The molecule has 1 saturated heterocycles. The predicted octanol–water partition coefficient (Wildman–Crippen LogP) is 2.07. The molecule has 1 aliphatic rings. The van der Waals surface area contributed by atoms with Crippen molar-refractivity contribution in [1.29, 1.82) is 0 Å². The number of sulfone groups is 1. The van der Waals surface area contributed by atoms with Gasteiger partial charge in [-0.1, -0.05) is 29.3 Å². The fourth-order valence-corrected chi connectivity index (χ4v) is 4.65. The molecule has 5 nitrogen and oxygen atoms in total. The zero-order valence-corrected chi connectivity index (χ0v) is 13.5. The Kier molecular flexibility index (Phi) is 5.14. The lowest BCUT2D eigenvalue weighted by Gasteiger charge is -2.26. The molecule has 116 valence electrons. The van der Waals surface area contributed by atoms with Gasteiger partial charge in [-0.2, -0.15) is 0 Å². The van der Waals surface area contributed by atoms with E-state index in [0.29, 0.717) is 16.5 Å². The summed E-state index contributed by atoms with van der Waals surface area (Å²) in [6.45, 7) is 0.0572. The zero-order chi connectivity index (χ0) is 15.6. The Morgan fingerprint density at radius 3 is 2.62 bits per heavy atom. The number of hydrogen-bond acceptors (Lipinski definition) is 4. The Balaban J connectivity index is 2.18. The van der Waals surface area contributed by atoms with E-state index in [4.69, 9.17) is 28.3 Å². The molecule has 0 radical (unpaired) electrons. The summed E-state index contributed by atoms with van der Waals surface area (Å²) in [5, 5.41) is 9.96. The zero-order valence-electron chi connectivity index (χ0n) is 11.1. The van der Waals surface area contributed by atoms with Gasteiger partial charge < -0.3 is 5.11 Å². The average Bonchev–Trinajstić information content (AvgIpc) is 2.71. The van der Waals surface area contributed by atoms with E-state index in [1.165, 1.54) is 0 Å². The first-order chi connectivity index (χ1) is 9.77. The summed E-state index contributed by atoms with van der Waals surface area (Å²) in [5.41, 5.74) is 0.728. The molecule has 1 aromatic rings. The minimum absolute atomic E-state index is 0.00844. The summed E-state index contributed by atoms with van der Waals surface area (Å²) in [6.07, 6.45) is 0.445. The Labute approximate surface area is 133 Å². The molecule has 1 N–H and O–H groups in total. The standard InChI is InChI=1S/C13H15Cl2NO4S/c14-10-2-1-9(12(15)5-10)6-16(7-13(17)18)11-3-4-21(19,20)8-11/h1-2,5,11H,3-4,6-8H2,(H,17,18). The topological polar surface area (TPSA) is 74.7 Å². The second kappa shape index (κ2) is 6.52. The van der Waals surface area contributed by atoms with Crippen LogP contribution in [0.5, 0.6) is 0 Å². The number of carboxylic acid groups (broad SMARTS) is 1. The molecule has 1 aromatic carbocycles. The van der Waals surface area contributed by atoms with E-state index in [1.807, 2.05) is 0 Å². The largest absolute Gasteiger partial charge is 0.480 e. The highest BCUT2D eigenvalue weighted by atomic mass is 35.5. The second-order valence-electron chi connectivity index (χ2n) is 5.09. The third kappa shape index (κ3) is 4.57. The summed E-state index contributed by atoms with van der Waals surface area (Å²) in [4.78, 5) is 12.7. The van der Waals surface area contributed by atoms with Gasteiger partial charge in [-0.3, -0.25) is 9.69 Å². The van der Waals surface area contributed by atoms with E-state index in [0.717, 1.165) is 5.56 Å². The Bertz CT molecular complexity index is 648. The Hall–Kier alpha value is -0.820.